The molecule has 116 valence electrons. The predicted octanol–water partition coefficient (Wildman–Crippen LogP) is 5.98. The molecule has 22 heavy (non-hydrogen) atoms. The third kappa shape index (κ3) is 3.69. The van der Waals surface area contributed by atoms with Crippen LogP contribution in [0.4, 0.5) is 15.8 Å². The van der Waals surface area contributed by atoms with Crippen LogP contribution in [0.15, 0.2) is 34.8 Å². The number of hydrogen-bond acceptors (Lipinski definition) is 3. The molecule has 2 aromatic rings. The van der Waals surface area contributed by atoms with Gasteiger partial charge >= 0.3 is 0 Å². The molecule has 0 aliphatic rings. The summed E-state index contributed by atoms with van der Waals surface area (Å²) < 4.78 is 13.6. The molecule has 2 rings (SSSR count). The van der Waals surface area contributed by atoms with E-state index in [4.69, 9.17) is 23.2 Å². The van der Waals surface area contributed by atoms with E-state index in [2.05, 4.69) is 21.2 Å². The number of anilines is 1. The van der Waals surface area contributed by atoms with Crippen LogP contribution in [0.1, 0.15) is 18.5 Å². The van der Waals surface area contributed by atoms with E-state index in [0.717, 1.165) is 11.6 Å². The molecule has 0 amide bonds. The maximum absolute atomic E-state index is 13.5. The van der Waals surface area contributed by atoms with Crippen LogP contribution in [0.5, 0.6) is 0 Å². The molecule has 0 aromatic heterocycles. The minimum atomic E-state index is -0.700. The van der Waals surface area contributed by atoms with Gasteiger partial charge < -0.3 is 5.32 Å². The van der Waals surface area contributed by atoms with E-state index in [1.54, 1.807) is 25.1 Å². The van der Waals surface area contributed by atoms with Crippen molar-refractivity contribution in [2.24, 2.45) is 0 Å². The second-order valence-corrected chi connectivity index (χ2v) is 6.27. The number of rotatable bonds is 4. The minimum absolute atomic E-state index is 0.134. The summed E-state index contributed by atoms with van der Waals surface area (Å²) in [5, 5.41) is 15.0. The molecule has 0 heterocycles. The number of nitrogens with one attached hydrogen (secondary N) is 1. The zero-order valence-electron chi connectivity index (χ0n) is 11.2. The standard InChI is InChI=1S/C14H10BrCl2FN2O2/c1-7(9-3-2-8(16)4-11(9)17)19-13-5-10(15)12(18)6-14(13)20(21)22/h2-7,19H,1H3/t7-/m1/s1. The third-order valence-corrected chi connectivity index (χ3v) is 4.21. The Morgan fingerprint density at radius 1 is 1.32 bits per heavy atom. The van der Waals surface area contributed by atoms with Crippen LogP contribution in [0.2, 0.25) is 10.0 Å². The molecule has 0 saturated heterocycles. The van der Waals surface area contributed by atoms with Crippen LogP contribution in [0.3, 0.4) is 0 Å². The van der Waals surface area contributed by atoms with E-state index >= 15 is 0 Å². The normalized spacial score (nSPS) is 12.0. The van der Waals surface area contributed by atoms with Gasteiger partial charge in [-0.25, -0.2) is 4.39 Å². The van der Waals surface area contributed by atoms with Crippen LogP contribution in [-0.2, 0) is 0 Å². The molecule has 0 aliphatic heterocycles. The second kappa shape index (κ2) is 6.81. The summed E-state index contributed by atoms with van der Waals surface area (Å²) in [6.07, 6.45) is 0. The lowest BCUT2D eigenvalue weighted by Gasteiger charge is -2.17. The van der Waals surface area contributed by atoms with Crippen LogP contribution >= 0.6 is 39.1 Å². The van der Waals surface area contributed by atoms with Gasteiger partial charge in [-0.15, -0.1) is 0 Å². The lowest BCUT2D eigenvalue weighted by Crippen LogP contribution is -2.09. The van der Waals surface area contributed by atoms with Gasteiger partial charge in [0.15, 0.2) is 0 Å². The van der Waals surface area contributed by atoms with E-state index in [9.17, 15) is 14.5 Å². The number of hydrogen-bond donors (Lipinski definition) is 1. The first-order valence-corrected chi connectivity index (χ1v) is 7.69. The van der Waals surface area contributed by atoms with Gasteiger partial charge in [0.05, 0.1) is 21.5 Å². The molecular weight excluding hydrogens is 398 g/mol. The molecule has 8 heteroatoms. The summed E-state index contributed by atoms with van der Waals surface area (Å²) >= 11 is 15.0. The molecule has 0 fully saturated rings. The fourth-order valence-corrected chi connectivity index (χ4v) is 2.88. The Kier molecular flexibility index (Phi) is 5.26. The highest BCUT2D eigenvalue weighted by Crippen LogP contribution is 2.34. The summed E-state index contributed by atoms with van der Waals surface area (Å²) in [4.78, 5) is 10.4. The molecule has 0 spiro atoms. The number of halogens is 4. The van der Waals surface area contributed by atoms with Crippen molar-refractivity contribution in [2.75, 3.05) is 5.32 Å². The van der Waals surface area contributed by atoms with Gasteiger partial charge in [0, 0.05) is 10.0 Å². The van der Waals surface area contributed by atoms with Crippen molar-refractivity contribution in [2.45, 2.75) is 13.0 Å². The van der Waals surface area contributed by atoms with Gasteiger partial charge in [-0.3, -0.25) is 10.1 Å². The molecule has 0 radical (unpaired) electrons. The lowest BCUT2D eigenvalue weighted by atomic mass is 10.1. The van der Waals surface area contributed by atoms with Gasteiger partial charge in [0.25, 0.3) is 5.69 Å². The predicted molar refractivity (Wildman–Crippen MR) is 89.3 cm³/mol. The average Bonchev–Trinajstić information content (AvgIpc) is 2.42. The van der Waals surface area contributed by atoms with Crippen LogP contribution < -0.4 is 5.32 Å². The Labute approximate surface area is 144 Å². The third-order valence-electron chi connectivity index (χ3n) is 3.04. The smallest absolute Gasteiger partial charge is 0.295 e. The Hall–Kier alpha value is -1.37. The fraction of sp³-hybridized carbons (Fsp3) is 0.143. The van der Waals surface area contributed by atoms with Crippen molar-refractivity contribution >= 4 is 50.5 Å². The number of nitro groups is 1. The highest BCUT2D eigenvalue weighted by molar-refractivity contribution is 9.10. The largest absolute Gasteiger partial charge is 0.373 e. The molecule has 1 N–H and O–H groups in total. The van der Waals surface area contributed by atoms with Gasteiger partial charge in [-0.2, -0.15) is 0 Å². The van der Waals surface area contributed by atoms with Gasteiger partial charge in [0.2, 0.25) is 0 Å². The maximum Gasteiger partial charge on any atom is 0.295 e. The summed E-state index contributed by atoms with van der Waals surface area (Å²) in [6.45, 7) is 1.79. The molecule has 0 unspecified atom stereocenters. The Morgan fingerprint density at radius 3 is 2.59 bits per heavy atom. The van der Waals surface area contributed by atoms with E-state index in [0.29, 0.717) is 10.0 Å². The van der Waals surface area contributed by atoms with Crippen LogP contribution in [-0.4, -0.2) is 4.92 Å². The molecule has 2 aromatic carbocycles. The zero-order chi connectivity index (χ0) is 16.4. The van der Waals surface area contributed by atoms with Gasteiger partial charge in [-0.05, 0) is 46.6 Å². The molecule has 0 bridgehead atoms. The Balaban J connectivity index is 2.37. The Bertz CT molecular complexity index is 743. The number of nitro benzene ring substituents is 1. The molecule has 4 nitrogen and oxygen atoms in total. The van der Waals surface area contributed by atoms with E-state index < -0.39 is 10.7 Å². The van der Waals surface area contributed by atoms with E-state index in [1.165, 1.54) is 6.07 Å². The van der Waals surface area contributed by atoms with E-state index in [-0.39, 0.29) is 21.9 Å². The lowest BCUT2D eigenvalue weighted by molar-refractivity contribution is -0.384. The van der Waals surface area contributed by atoms with Gasteiger partial charge in [0.1, 0.15) is 11.5 Å². The van der Waals surface area contributed by atoms with Crippen molar-refractivity contribution in [1.82, 2.24) is 0 Å². The first-order chi connectivity index (χ1) is 10.3. The topological polar surface area (TPSA) is 55.2 Å². The van der Waals surface area contributed by atoms with Gasteiger partial charge in [-0.1, -0.05) is 29.3 Å². The molecule has 0 aliphatic carbocycles. The Morgan fingerprint density at radius 2 is 2.00 bits per heavy atom. The van der Waals surface area contributed by atoms with Crippen molar-refractivity contribution in [1.29, 1.82) is 0 Å². The quantitative estimate of drug-likeness (QED) is 0.501. The van der Waals surface area contributed by atoms with Crippen LogP contribution in [0, 0.1) is 15.9 Å². The number of benzene rings is 2. The second-order valence-electron chi connectivity index (χ2n) is 4.57. The highest BCUT2D eigenvalue weighted by Gasteiger charge is 2.20. The van der Waals surface area contributed by atoms with Crippen molar-refractivity contribution < 1.29 is 9.31 Å². The minimum Gasteiger partial charge on any atom is -0.373 e. The zero-order valence-corrected chi connectivity index (χ0v) is 14.3. The monoisotopic (exact) mass is 406 g/mol. The summed E-state index contributed by atoms with van der Waals surface area (Å²) in [5.74, 6) is -0.700. The molecular formula is C14H10BrCl2FN2O2. The molecule has 1 atom stereocenters. The summed E-state index contributed by atoms with van der Waals surface area (Å²) in [5.41, 5.74) is 0.565. The van der Waals surface area contributed by atoms with Crippen molar-refractivity contribution in [3.8, 4) is 0 Å². The first kappa shape index (κ1) is 17.0. The van der Waals surface area contributed by atoms with Crippen molar-refractivity contribution in [3.63, 3.8) is 0 Å². The maximum atomic E-state index is 13.5. The fourth-order valence-electron chi connectivity index (χ4n) is 1.97. The summed E-state index contributed by atoms with van der Waals surface area (Å²) in [7, 11) is 0. The molecule has 0 saturated carbocycles. The van der Waals surface area contributed by atoms with Crippen LogP contribution in [0.25, 0.3) is 0 Å². The summed E-state index contributed by atoms with van der Waals surface area (Å²) in [6, 6.07) is 6.85. The SMILES string of the molecule is C[C@@H](Nc1cc(Br)c(F)cc1[N+](=O)[O-])c1ccc(Cl)cc1Cl. The highest BCUT2D eigenvalue weighted by atomic mass is 79.9. The first-order valence-electron chi connectivity index (χ1n) is 6.14. The number of nitrogens with zero attached hydrogens (tertiary/aromatic N) is 1. The van der Waals surface area contributed by atoms with E-state index in [1.807, 2.05) is 0 Å². The average molecular weight is 408 g/mol. The van der Waals surface area contributed by atoms with Crippen molar-refractivity contribution in [3.05, 3.63) is 66.3 Å².